The number of sulfonamides is 1. The van der Waals surface area contributed by atoms with Crippen molar-refractivity contribution in [2.24, 2.45) is 0 Å². The van der Waals surface area contributed by atoms with Crippen LogP contribution in [0.15, 0.2) is 76.8 Å². The van der Waals surface area contributed by atoms with Gasteiger partial charge in [-0.15, -0.1) is 10.2 Å². The molecule has 230 valence electrons. The van der Waals surface area contributed by atoms with E-state index in [1.165, 1.54) is 40.3 Å². The quantitative estimate of drug-likeness (QED) is 0.235. The third kappa shape index (κ3) is 7.37. The highest BCUT2D eigenvalue weighted by Crippen LogP contribution is 2.26. The standard InChI is InChI=1S/C32H36N6O4S2/c1-22-8-7-9-26(18-22)34-30(39)21-43-32-36-35-29(38(32)28-19-23(2)10-11-24(28)3)20-33-31(40)25-12-14-27(15-13-25)44(41,42)37-16-5-4-6-17-37/h7-15,18-19H,4-6,16-17,20-21H2,1-3H3,(H,33,40)(H,34,39). The summed E-state index contributed by atoms with van der Waals surface area (Å²) in [6, 6.07) is 19.7. The molecule has 1 aliphatic rings. The predicted octanol–water partition coefficient (Wildman–Crippen LogP) is 5.03. The summed E-state index contributed by atoms with van der Waals surface area (Å²) in [5, 5.41) is 15.0. The molecule has 3 aromatic carbocycles. The van der Waals surface area contributed by atoms with E-state index in [0.29, 0.717) is 29.6 Å². The van der Waals surface area contributed by atoms with E-state index in [1.807, 2.05) is 67.8 Å². The van der Waals surface area contributed by atoms with Crippen LogP contribution in [0.4, 0.5) is 5.69 Å². The number of nitrogens with one attached hydrogen (secondary N) is 2. The van der Waals surface area contributed by atoms with Crippen molar-refractivity contribution in [2.75, 3.05) is 24.2 Å². The van der Waals surface area contributed by atoms with E-state index in [2.05, 4.69) is 20.8 Å². The Morgan fingerprint density at radius 1 is 0.886 bits per heavy atom. The van der Waals surface area contributed by atoms with E-state index in [-0.39, 0.29) is 29.0 Å². The maximum atomic E-state index is 13.1. The van der Waals surface area contributed by atoms with Gasteiger partial charge < -0.3 is 10.6 Å². The fraction of sp³-hybridized carbons (Fsp3) is 0.312. The molecule has 2 N–H and O–H groups in total. The van der Waals surface area contributed by atoms with Crippen molar-refractivity contribution in [3.05, 3.63) is 94.8 Å². The molecule has 0 atom stereocenters. The minimum Gasteiger partial charge on any atom is -0.345 e. The topological polar surface area (TPSA) is 126 Å². The zero-order chi connectivity index (χ0) is 31.3. The first-order chi connectivity index (χ1) is 21.1. The molecule has 0 saturated carbocycles. The molecule has 5 rings (SSSR count). The molecule has 4 aromatic rings. The first kappa shape index (κ1) is 31.4. The fourth-order valence-electron chi connectivity index (χ4n) is 5.05. The van der Waals surface area contributed by atoms with Crippen molar-refractivity contribution < 1.29 is 18.0 Å². The molecular formula is C32H36N6O4S2. The fourth-order valence-corrected chi connectivity index (χ4v) is 7.34. The van der Waals surface area contributed by atoms with Gasteiger partial charge in [0.1, 0.15) is 0 Å². The first-order valence-corrected chi connectivity index (χ1v) is 16.9. The number of hydrogen-bond acceptors (Lipinski definition) is 7. The second kappa shape index (κ2) is 13.7. The number of aromatic nitrogens is 3. The van der Waals surface area contributed by atoms with Gasteiger partial charge in [0.2, 0.25) is 15.9 Å². The highest BCUT2D eigenvalue weighted by molar-refractivity contribution is 7.99. The SMILES string of the molecule is Cc1cccc(NC(=O)CSc2nnc(CNC(=O)c3ccc(S(=O)(=O)N4CCCCC4)cc3)n2-c2cc(C)ccc2C)c1. The lowest BCUT2D eigenvalue weighted by Gasteiger charge is -2.25. The summed E-state index contributed by atoms with van der Waals surface area (Å²) in [6.45, 7) is 7.05. The van der Waals surface area contributed by atoms with Gasteiger partial charge in [-0.2, -0.15) is 4.31 Å². The van der Waals surface area contributed by atoms with Crippen LogP contribution in [0.3, 0.4) is 0 Å². The summed E-state index contributed by atoms with van der Waals surface area (Å²) in [5.41, 5.74) is 5.00. The number of carbonyl (C=O) groups excluding carboxylic acids is 2. The second-order valence-corrected chi connectivity index (χ2v) is 13.8. The number of piperidine rings is 1. The molecule has 10 nitrogen and oxygen atoms in total. The zero-order valence-corrected chi connectivity index (χ0v) is 26.7. The zero-order valence-electron chi connectivity index (χ0n) is 25.0. The molecule has 1 aromatic heterocycles. The van der Waals surface area contributed by atoms with Gasteiger partial charge in [0.05, 0.1) is 22.9 Å². The molecule has 12 heteroatoms. The second-order valence-electron chi connectivity index (χ2n) is 10.9. The molecule has 1 saturated heterocycles. The van der Waals surface area contributed by atoms with Gasteiger partial charge in [-0.3, -0.25) is 14.2 Å². The van der Waals surface area contributed by atoms with Gasteiger partial charge >= 0.3 is 0 Å². The summed E-state index contributed by atoms with van der Waals surface area (Å²) in [6.07, 6.45) is 2.74. The van der Waals surface area contributed by atoms with Crippen molar-refractivity contribution in [3.8, 4) is 5.69 Å². The van der Waals surface area contributed by atoms with E-state index in [9.17, 15) is 18.0 Å². The van der Waals surface area contributed by atoms with Gasteiger partial charge in [0, 0.05) is 24.3 Å². The average molecular weight is 633 g/mol. The Bertz CT molecular complexity index is 1760. The number of benzene rings is 3. The summed E-state index contributed by atoms with van der Waals surface area (Å²) < 4.78 is 29.3. The monoisotopic (exact) mass is 632 g/mol. The molecule has 0 spiro atoms. The van der Waals surface area contributed by atoms with Gasteiger partial charge in [-0.25, -0.2) is 8.42 Å². The predicted molar refractivity (Wildman–Crippen MR) is 172 cm³/mol. The Morgan fingerprint density at radius 2 is 1.61 bits per heavy atom. The normalized spacial score (nSPS) is 13.9. The molecule has 0 aliphatic carbocycles. The highest BCUT2D eigenvalue weighted by Gasteiger charge is 2.26. The highest BCUT2D eigenvalue weighted by atomic mass is 32.2. The smallest absolute Gasteiger partial charge is 0.251 e. The van der Waals surface area contributed by atoms with Crippen LogP contribution in [0.25, 0.3) is 5.69 Å². The van der Waals surface area contributed by atoms with Crippen molar-refractivity contribution in [1.82, 2.24) is 24.4 Å². The van der Waals surface area contributed by atoms with Crippen LogP contribution >= 0.6 is 11.8 Å². The summed E-state index contributed by atoms with van der Waals surface area (Å²) in [4.78, 5) is 26.0. The molecule has 44 heavy (non-hydrogen) atoms. The van der Waals surface area contributed by atoms with Crippen molar-refractivity contribution in [2.45, 2.75) is 56.6 Å². The van der Waals surface area contributed by atoms with Gasteiger partial charge in [-0.1, -0.05) is 42.4 Å². The Hall–Kier alpha value is -4.00. The number of hydrogen-bond donors (Lipinski definition) is 2. The maximum absolute atomic E-state index is 13.1. The average Bonchev–Trinajstić information content (AvgIpc) is 3.43. The molecule has 2 amide bonds. The van der Waals surface area contributed by atoms with Crippen LogP contribution in [-0.2, 0) is 21.4 Å². The molecule has 0 bridgehead atoms. The lowest BCUT2D eigenvalue weighted by atomic mass is 10.1. The largest absolute Gasteiger partial charge is 0.345 e. The third-order valence-corrected chi connectivity index (χ3v) is 10.3. The number of anilines is 1. The van der Waals surface area contributed by atoms with Crippen LogP contribution in [0.1, 0.15) is 52.1 Å². The minimum atomic E-state index is -3.58. The molecule has 1 fully saturated rings. The van der Waals surface area contributed by atoms with Crippen LogP contribution in [-0.4, -0.2) is 58.1 Å². The number of aryl methyl sites for hydroxylation is 3. The van der Waals surface area contributed by atoms with Gasteiger partial charge in [0.25, 0.3) is 5.91 Å². The van der Waals surface area contributed by atoms with Crippen molar-refractivity contribution >= 4 is 39.3 Å². The van der Waals surface area contributed by atoms with E-state index >= 15 is 0 Å². The first-order valence-electron chi connectivity index (χ1n) is 14.5. The Morgan fingerprint density at radius 3 is 2.34 bits per heavy atom. The van der Waals surface area contributed by atoms with Crippen molar-refractivity contribution in [3.63, 3.8) is 0 Å². The molecule has 2 heterocycles. The van der Waals surface area contributed by atoms with E-state index in [1.54, 1.807) is 0 Å². The van der Waals surface area contributed by atoms with E-state index in [0.717, 1.165) is 47.3 Å². The van der Waals surface area contributed by atoms with Crippen LogP contribution in [0.5, 0.6) is 0 Å². The minimum absolute atomic E-state index is 0.0725. The summed E-state index contributed by atoms with van der Waals surface area (Å²) >= 11 is 1.26. The molecule has 0 unspecified atom stereocenters. The Kier molecular flexibility index (Phi) is 9.82. The van der Waals surface area contributed by atoms with E-state index in [4.69, 9.17) is 0 Å². The Labute approximate surface area is 262 Å². The van der Waals surface area contributed by atoms with Gasteiger partial charge in [-0.05, 0) is 92.8 Å². The van der Waals surface area contributed by atoms with E-state index < -0.39 is 10.0 Å². The number of carbonyl (C=O) groups is 2. The lowest BCUT2D eigenvalue weighted by Crippen LogP contribution is -2.35. The van der Waals surface area contributed by atoms with Crippen LogP contribution in [0.2, 0.25) is 0 Å². The number of amides is 2. The Balaban J connectivity index is 1.30. The number of nitrogens with zero attached hydrogens (tertiary/aromatic N) is 4. The summed E-state index contributed by atoms with van der Waals surface area (Å²) in [7, 11) is -3.58. The molecule has 1 aliphatic heterocycles. The lowest BCUT2D eigenvalue weighted by molar-refractivity contribution is -0.113. The summed E-state index contributed by atoms with van der Waals surface area (Å²) in [5.74, 6) is 0.0829. The van der Waals surface area contributed by atoms with Crippen molar-refractivity contribution in [1.29, 1.82) is 0 Å². The molecule has 0 radical (unpaired) electrons. The maximum Gasteiger partial charge on any atom is 0.251 e. The number of rotatable bonds is 10. The third-order valence-electron chi connectivity index (χ3n) is 7.42. The number of thioether (sulfide) groups is 1. The van der Waals surface area contributed by atoms with Crippen LogP contribution < -0.4 is 10.6 Å². The van der Waals surface area contributed by atoms with Gasteiger partial charge in [0.15, 0.2) is 11.0 Å². The van der Waals surface area contributed by atoms with Crippen LogP contribution in [0, 0.1) is 20.8 Å². The molecular weight excluding hydrogens is 597 g/mol.